The highest BCUT2D eigenvalue weighted by Crippen LogP contribution is 2.43. The number of benzene rings is 4. The first-order valence-corrected chi connectivity index (χ1v) is 19.0. The van der Waals surface area contributed by atoms with Crippen LogP contribution in [0.4, 0.5) is 16.4 Å². The van der Waals surface area contributed by atoms with Crippen molar-refractivity contribution in [1.29, 1.82) is 0 Å². The number of fused-ring (bicyclic) bond motifs is 1. The van der Waals surface area contributed by atoms with Crippen molar-refractivity contribution in [2.45, 2.75) is 37.0 Å². The lowest BCUT2D eigenvalue weighted by molar-refractivity contribution is -0.385. The van der Waals surface area contributed by atoms with Gasteiger partial charge in [0.1, 0.15) is 10.7 Å². The molecule has 1 atom stereocenters. The number of hydrogen-bond donors (Lipinski definition) is 3. The highest BCUT2D eigenvalue weighted by Gasteiger charge is 2.31. The molecular weight excluding hydrogens is 725 g/mol. The van der Waals surface area contributed by atoms with Crippen LogP contribution >= 0.6 is 23.1 Å². The molecule has 0 spiro atoms. The van der Waals surface area contributed by atoms with Crippen molar-refractivity contribution >= 4 is 69.2 Å². The zero-order valence-electron chi connectivity index (χ0n) is 29.2. The van der Waals surface area contributed by atoms with Gasteiger partial charge in [0, 0.05) is 27.1 Å². The first-order chi connectivity index (χ1) is 26.2. The number of nitro groups is 1. The van der Waals surface area contributed by atoms with E-state index in [2.05, 4.69) is 28.1 Å². The molecule has 13 heteroatoms. The van der Waals surface area contributed by atoms with Gasteiger partial charge in [-0.3, -0.25) is 24.5 Å². The van der Waals surface area contributed by atoms with Gasteiger partial charge in [0.15, 0.2) is 0 Å². The number of carbonyl (C=O) groups excluding carboxylic acids is 4. The maximum Gasteiger partial charge on any atom is 0.341 e. The number of rotatable bonds is 13. The Kier molecular flexibility index (Phi) is 12.3. The van der Waals surface area contributed by atoms with Crippen LogP contribution in [-0.4, -0.2) is 41.0 Å². The van der Waals surface area contributed by atoms with Crippen LogP contribution in [0, 0.1) is 10.1 Å². The molecule has 0 radical (unpaired) electrons. The van der Waals surface area contributed by atoms with Crippen LogP contribution in [0.15, 0.2) is 120 Å². The van der Waals surface area contributed by atoms with Crippen LogP contribution in [0.2, 0.25) is 0 Å². The molecule has 5 aromatic rings. The number of para-hydroxylation sites is 1. The number of thioether (sulfide) groups is 1. The van der Waals surface area contributed by atoms with Gasteiger partial charge in [-0.05, 0) is 85.7 Å². The molecule has 0 bridgehead atoms. The van der Waals surface area contributed by atoms with Crippen molar-refractivity contribution < 1.29 is 28.8 Å². The largest absolute Gasteiger partial charge is 0.462 e. The minimum Gasteiger partial charge on any atom is -0.462 e. The van der Waals surface area contributed by atoms with E-state index in [0.29, 0.717) is 39.0 Å². The first kappa shape index (κ1) is 37.7. The average Bonchev–Trinajstić information content (AvgIpc) is 3.54. The molecule has 3 N–H and O–H groups in total. The van der Waals surface area contributed by atoms with Crippen molar-refractivity contribution in [2.75, 3.05) is 23.0 Å². The molecule has 274 valence electrons. The van der Waals surface area contributed by atoms with E-state index in [1.807, 2.05) is 18.2 Å². The number of nitrogens with zero attached hydrogens (tertiary/aromatic N) is 1. The fourth-order valence-electron chi connectivity index (χ4n) is 6.15. The van der Waals surface area contributed by atoms with E-state index in [0.717, 1.165) is 23.3 Å². The van der Waals surface area contributed by atoms with Crippen molar-refractivity contribution in [2.24, 2.45) is 0 Å². The maximum absolute atomic E-state index is 13.6. The Hall–Kier alpha value is -6.05. The number of thiophene rings is 1. The summed E-state index contributed by atoms with van der Waals surface area (Å²) in [6.45, 7) is 1.97. The summed E-state index contributed by atoms with van der Waals surface area (Å²) in [5.74, 6) is -1.70. The van der Waals surface area contributed by atoms with Crippen LogP contribution in [0.1, 0.15) is 61.5 Å². The quantitative estimate of drug-likeness (QED) is 0.0356. The fraction of sp³-hybridized carbons (Fsp3) is 0.171. The highest BCUT2D eigenvalue weighted by atomic mass is 32.2. The number of anilines is 2. The Morgan fingerprint density at radius 3 is 2.39 bits per heavy atom. The summed E-state index contributed by atoms with van der Waals surface area (Å²) in [5, 5.41) is 20.5. The zero-order chi connectivity index (χ0) is 38.0. The summed E-state index contributed by atoms with van der Waals surface area (Å²) < 4.78 is 5.39. The Morgan fingerprint density at radius 2 is 1.65 bits per heavy atom. The highest BCUT2D eigenvalue weighted by molar-refractivity contribution is 8.00. The van der Waals surface area contributed by atoms with Gasteiger partial charge in [-0.2, -0.15) is 0 Å². The number of nitro benzene ring substituents is 1. The summed E-state index contributed by atoms with van der Waals surface area (Å²) in [7, 11) is 0. The summed E-state index contributed by atoms with van der Waals surface area (Å²) in [4.78, 5) is 65.9. The third-order valence-electron chi connectivity index (χ3n) is 8.69. The minimum absolute atomic E-state index is 0.0187. The summed E-state index contributed by atoms with van der Waals surface area (Å²) >= 11 is 2.66. The smallest absolute Gasteiger partial charge is 0.341 e. The fourth-order valence-corrected chi connectivity index (χ4v) is 8.24. The van der Waals surface area contributed by atoms with Crippen LogP contribution in [0.3, 0.4) is 0 Å². The molecule has 1 heterocycles. The number of ether oxygens (including phenoxy) is 1. The van der Waals surface area contributed by atoms with Crippen molar-refractivity contribution in [3.8, 4) is 0 Å². The predicted octanol–water partition coefficient (Wildman–Crippen LogP) is 8.25. The molecule has 0 fully saturated rings. The number of nitrogens with one attached hydrogen (secondary N) is 3. The summed E-state index contributed by atoms with van der Waals surface area (Å²) in [6, 6.07) is 31.3. The lowest BCUT2D eigenvalue weighted by Gasteiger charge is -2.23. The van der Waals surface area contributed by atoms with Gasteiger partial charge in [-0.1, -0.05) is 66.7 Å². The summed E-state index contributed by atoms with van der Waals surface area (Å²) in [5.41, 5.74) is 2.97. The van der Waals surface area contributed by atoms with Gasteiger partial charge in [-0.25, -0.2) is 4.79 Å². The molecule has 1 aliphatic carbocycles. The van der Waals surface area contributed by atoms with E-state index >= 15 is 0 Å². The standard InChI is InChI=1S/C41H36N4O7S2/c1-2-52-41(49)37-32-21-20-28(26-12-5-3-6-13-26)23-35(32)54-40(37)44-36(46)25-53-31-18-11-17-30(24-31)42-39(48)33(43-38(47)27-14-7-4-8-15-27)22-29-16-9-10-19-34(29)45(50)51/h3-19,22,24,28H,2,20-21,23,25H2,1H3,(H,42,48)(H,43,47)(H,44,46)/b33-22+. The topological polar surface area (TPSA) is 157 Å². The molecule has 1 aromatic heterocycles. The second kappa shape index (κ2) is 17.6. The van der Waals surface area contributed by atoms with Gasteiger partial charge in [0.2, 0.25) is 5.91 Å². The molecular formula is C41H36N4O7S2. The third-order valence-corrected chi connectivity index (χ3v) is 10.9. The van der Waals surface area contributed by atoms with E-state index in [-0.39, 0.29) is 35.2 Å². The molecule has 0 saturated carbocycles. The van der Waals surface area contributed by atoms with E-state index < -0.39 is 22.7 Å². The molecule has 0 aliphatic heterocycles. The van der Waals surface area contributed by atoms with Gasteiger partial charge >= 0.3 is 5.97 Å². The van der Waals surface area contributed by atoms with E-state index in [4.69, 9.17) is 4.74 Å². The molecule has 0 saturated heterocycles. The van der Waals surface area contributed by atoms with Gasteiger partial charge in [-0.15, -0.1) is 23.1 Å². The zero-order valence-corrected chi connectivity index (χ0v) is 30.8. The number of hydrogen-bond acceptors (Lipinski definition) is 9. The third kappa shape index (κ3) is 9.29. The molecule has 54 heavy (non-hydrogen) atoms. The van der Waals surface area contributed by atoms with Crippen molar-refractivity contribution in [1.82, 2.24) is 5.32 Å². The minimum atomic E-state index is -0.708. The molecule has 1 aliphatic rings. The van der Waals surface area contributed by atoms with Gasteiger partial charge in [0.05, 0.1) is 28.4 Å². The Balaban J connectivity index is 1.15. The number of carbonyl (C=O) groups is 4. The SMILES string of the molecule is CCOC(=O)c1c(NC(=O)CSc2cccc(NC(=O)/C(=C\c3ccccc3[N+](=O)[O-])NC(=O)c3ccccc3)c2)sc2c1CCC(c1ccccc1)C2. The molecule has 11 nitrogen and oxygen atoms in total. The predicted molar refractivity (Wildman–Crippen MR) is 211 cm³/mol. The average molecular weight is 761 g/mol. The Labute approximate surface area is 320 Å². The molecule has 1 unspecified atom stereocenters. The van der Waals surface area contributed by atoms with E-state index in [1.54, 1.807) is 67.6 Å². The van der Waals surface area contributed by atoms with E-state index in [1.165, 1.54) is 52.9 Å². The molecule has 6 rings (SSSR count). The normalized spacial score (nSPS) is 13.6. The van der Waals surface area contributed by atoms with Crippen LogP contribution in [0.25, 0.3) is 6.08 Å². The second-order valence-corrected chi connectivity index (χ2v) is 14.4. The Bertz CT molecular complexity index is 2220. The van der Waals surface area contributed by atoms with Crippen molar-refractivity contribution in [3.63, 3.8) is 0 Å². The van der Waals surface area contributed by atoms with Gasteiger partial charge in [0.25, 0.3) is 17.5 Å². The lowest BCUT2D eigenvalue weighted by atomic mass is 9.83. The number of esters is 1. The first-order valence-electron chi connectivity index (χ1n) is 17.2. The monoisotopic (exact) mass is 760 g/mol. The second-order valence-electron chi connectivity index (χ2n) is 12.3. The van der Waals surface area contributed by atoms with Crippen LogP contribution in [0.5, 0.6) is 0 Å². The summed E-state index contributed by atoms with van der Waals surface area (Å²) in [6.07, 6.45) is 3.62. The Morgan fingerprint density at radius 1 is 0.926 bits per heavy atom. The van der Waals surface area contributed by atoms with Gasteiger partial charge < -0.3 is 20.7 Å². The lowest BCUT2D eigenvalue weighted by Crippen LogP contribution is -2.30. The van der Waals surface area contributed by atoms with Crippen LogP contribution < -0.4 is 16.0 Å². The maximum atomic E-state index is 13.6. The van der Waals surface area contributed by atoms with Crippen LogP contribution in [-0.2, 0) is 27.2 Å². The van der Waals surface area contributed by atoms with E-state index in [9.17, 15) is 29.3 Å². The number of amides is 3. The van der Waals surface area contributed by atoms with Crippen molar-refractivity contribution in [3.05, 3.63) is 158 Å². The molecule has 4 aromatic carbocycles. The molecule has 3 amide bonds.